The third-order valence-electron chi connectivity index (χ3n) is 3.42. The normalized spacial score (nSPS) is 17.1. The Morgan fingerprint density at radius 1 is 1.39 bits per heavy atom. The molecule has 1 amide bonds. The van der Waals surface area contributed by atoms with E-state index in [4.69, 9.17) is 0 Å². The summed E-state index contributed by atoms with van der Waals surface area (Å²) in [6.45, 7) is 7.09. The van der Waals surface area contributed by atoms with Gasteiger partial charge in [0.1, 0.15) is 0 Å². The predicted molar refractivity (Wildman–Crippen MR) is 74.0 cm³/mol. The zero-order valence-electron chi connectivity index (χ0n) is 11.1. The monoisotopic (exact) mass is 268 g/mol. The van der Waals surface area contributed by atoms with E-state index in [1.54, 1.807) is 11.3 Å². The van der Waals surface area contributed by atoms with E-state index in [-0.39, 0.29) is 5.91 Å². The number of piperazine rings is 1. The fraction of sp³-hybridized carbons (Fsp3) is 0.667. The molecule has 0 aromatic carbocycles. The van der Waals surface area contributed by atoms with Crippen LogP contribution in [0.1, 0.15) is 13.8 Å². The van der Waals surface area contributed by atoms with Crippen LogP contribution in [0.4, 0.5) is 5.13 Å². The summed E-state index contributed by atoms with van der Waals surface area (Å²) in [5, 5.41) is 6.10. The van der Waals surface area contributed by atoms with Crippen LogP contribution < -0.4 is 10.2 Å². The number of anilines is 1. The molecule has 0 radical (unpaired) electrons. The van der Waals surface area contributed by atoms with Crippen molar-refractivity contribution >= 4 is 22.4 Å². The maximum Gasteiger partial charge on any atom is 0.242 e. The minimum absolute atomic E-state index is 0.170. The molecule has 0 bridgehead atoms. The maximum absolute atomic E-state index is 12.3. The van der Waals surface area contributed by atoms with Gasteiger partial charge in [0.2, 0.25) is 5.91 Å². The number of hydrogen-bond acceptors (Lipinski definition) is 5. The fourth-order valence-corrected chi connectivity index (χ4v) is 2.67. The number of rotatable bonds is 3. The third-order valence-corrected chi connectivity index (χ3v) is 4.25. The number of nitrogens with one attached hydrogen (secondary N) is 1. The Labute approximate surface area is 112 Å². The maximum atomic E-state index is 12.3. The average Bonchev–Trinajstić information content (AvgIpc) is 2.92. The molecule has 18 heavy (non-hydrogen) atoms. The average molecular weight is 268 g/mol. The lowest BCUT2D eigenvalue weighted by atomic mass is 10.0. The molecular formula is C12H20N4OS. The highest BCUT2D eigenvalue weighted by Crippen LogP contribution is 2.19. The van der Waals surface area contributed by atoms with Gasteiger partial charge in [0.25, 0.3) is 0 Å². The van der Waals surface area contributed by atoms with Crippen molar-refractivity contribution in [3.8, 4) is 0 Å². The van der Waals surface area contributed by atoms with Gasteiger partial charge in [-0.05, 0) is 20.9 Å². The van der Waals surface area contributed by atoms with E-state index < -0.39 is 5.54 Å². The van der Waals surface area contributed by atoms with Crippen LogP contribution in [0.15, 0.2) is 11.6 Å². The van der Waals surface area contributed by atoms with Gasteiger partial charge in [-0.2, -0.15) is 0 Å². The molecule has 1 fully saturated rings. The van der Waals surface area contributed by atoms with Crippen LogP contribution in [0.25, 0.3) is 0 Å². The van der Waals surface area contributed by atoms with E-state index >= 15 is 0 Å². The fourth-order valence-electron chi connectivity index (χ4n) is 1.98. The van der Waals surface area contributed by atoms with Crippen molar-refractivity contribution in [3.63, 3.8) is 0 Å². The number of carbonyl (C=O) groups is 1. The van der Waals surface area contributed by atoms with Crippen LogP contribution >= 0.6 is 11.3 Å². The first kappa shape index (κ1) is 13.3. The molecule has 1 aliphatic heterocycles. The van der Waals surface area contributed by atoms with E-state index in [9.17, 15) is 4.79 Å². The SMILES string of the molecule is CNC(C)(C)C(=O)N1CCN(c2nccs2)CC1. The van der Waals surface area contributed by atoms with Crippen molar-refractivity contribution in [2.24, 2.45) is 0 Å². The first-order valence-electron chi connectivity index (χ1n) is 6.17. The molecule has 100 valence electrons. The lowest BCUT2D eigenvalue weighted by Gasteiger charge is -2.38. The highest BCUT2D eigenvalue weighted by atomic mass is 32.1. The van der Waals surface area contributed by atoms with Gasteiger partial charge in [-0.3, -0.25) is 4.79 Å². The smallest absolute Gasteiger partial charge is 0.242 e. The molecule has 2 rings (SSSR count). The van der Waals surface area contributed by atoms with Crippen molar-refractivity contribution in [1.82, 2.24) is 15.2 Å². The molecule has 6 heteroatoms. The summed E-state index contributed by atoms with van der Waals surface area (Å²) in [4.78, 5) is 20.7. The number of thiazole rings is 1. The Balaban J connectivity index is 1.93. The predicted octanol–water partition coefficient (Wildman–Crippen LogP) is 0.790. The van der Waals surface area contributed by atoms with E-state index in [0.717, 1.165) is 31.3 Å². The lowest BCUT2D eigenvalue weighted by Crippen LogP contribution is -2.58. The van der Waals surface area contributed by atoms with Crippen LogP contribution in [0.3, 0.4) is 0 Å². The lowest BCUT2D eigenvalue weighted by molar-refractivity contribution is -0.137. The molecule has 0 spiro atoms. The van der Waals surface area contributed by atoms with E-state index in [1.807, 2.05) is 37.4 Å². The summed E-state index contributed by atoms with van der Waals surface area (Å²) in [5.74, 6) is 0.170. The second-order valence-corrected chi connectivity index (χ2v) is 5.84. The number of aromatic nitrogens is 1. The molecular weight excluding hydrogens is 248 g/mol. The van der Waals surface area contributed by atoms with Crippen LogP contribution in [-0.2, 0) is 4.79 Å². The molecule has 1 saturated heterocycles. The zero-order valence-corrected chi connectivity index (χ0v) is 12.0. The summed E-state index contributed by atoms with van der Waals surface area (Å²) in [6.07, 6.45) is 1.82. The van der Waals surface area contributed by atoms with Crippen molar-refractivity contribution in [2.75, 3.05) is 38.1 Å². The molecule has 0 saturated carbocycles. The standard InChI is InChI=1S/C12H20N4OS/c1-12(2,13-3)10(17)15-5-7-16(8-6-15)11-14-4-9-18-11/h4,9,13H,5-8H2,1-3H3. The minimum Gasteiger partial charge on any atom is -0.345 e. The zero-order chi connectivity index (χ0) is 13.2. The van der Waals surface area contributed by atoms with Crippen LogP contribution in [0, 0.1) is 0 Å². The van der Waals surface area contributed by atoms with Gasteiger partial charge in [-0.15, -0.1) is 11.3 Å². The molecule has 2 heterocycles. The van der Waals surface area contributed by atoms with Gasteiger partial charge < -0.3 is 15.1 Å². The number of likely N-dealkylation sites (N-methyl/N-ethyl adjacent to an activating group) is 1. The van der Waals surface area contributed by atoms with Crippen molar-refractivity contribution in [2.45, 2.75) is 19.4 Å². The van der Waals surface area contributed by atoms with Gasteiger partial charge in [0.05, 0.1) is 5.54 Å². The summed E-state index contributed by atoms with van der Waals surface area (Å²) in [5.41, 5.74) is -0.483. The molecule has 1 aromatic heterocycles. The van der Waals surface area contributed by atoms with E-state index in [1.165, 1.54) is 0 Å². The summed E-state index contributed by atoms with van der Waals surface area (Å²) in [6, 6.07) is 0. The van der Waals surface area contributed by atoms with E-state index in [2.05, 4.69) is 15.2 Å². The highest BCUT2D eigenvalue weighted by Gasteiger charge is 2.32. The largest absolute Gasteiger partial charge is 0.345 e. The Morgan fingerprint density at radius 3 is 2.56 bits per heavy atom. The molecule has 0 atom stereocenters. The van der Waals surface area contributed by atoms with Crippen molar-refractivity contribution < 1.29 is 4.79 Å². The Morgan fingerprint density at radius 2 is 2.06 bits per heavy atom. The van der Waals surface area contributed by atoms with Crippen molar-refractivity contribution in [3.05, 3.63) is 11.6 Å². The molecule has 1 N–H and O–H groups in total. The van der Waals surface area contributed by atoms with Crippen molar-refractivity contribution in [1.29, 1.82) is 0 Å². The van der Waals surface area contributed by atoms with Gasteiger partial charge in [-0.1, -0.05) is 0 Å². The van der Waals surface area contributed by atoms with Crippen LogP contribution in [-0.4, -0.2) is 54.6 Å². The second kappa shape index (κ2) is 5.24. The molecule has 0 unspecified atom stereocenters. The Bertz CT molecular complexity index is 396. The third kappa shape index (κ3) is 2.64. The number of carbonyl (C=O) groups excluding carboxylic acids is 1. The minimum atomic E-state index is -0.483. The summed E-state index contributed by atoms with van der Waals surface area (Å²) < 4.78 is 0. The topological polar surface area (TPSA) is 48.5 Å². The first-order chi connectivity index (χ1) is 8.54. The Kier molecular flexibility index (Phi) is 3.87. The van der Waals surface area contributed by atoms with Gasteiger partial charge in [-0.25, -0.2) is 4.98 Å². The number of nitrogens with zero attached hydrogens (tertiary/aromatic N) is 3. The second-order valence-electron chi connectivity index (χ2n) is 4.97. The van der Waals surface area contributed by atoms with Crippen LogP contribution in [0.2, 0.25) is 0 Å². The molecule has 0 aliphatic carbocycles. The molecule has 5 nitrogen and oxygen atoms in total. The van der Waals surface area contributed by atoms with Gasteiger partial charge >= 0.3 is 0 Å². The van der Waals surface area contributed by atoms with Gasteiger partial charge in [0, 0.05) is 37.8 Å². The first-order valence-corrected chi connectivity index (χ1v) is 7.05. The van der Waals surface area contributed by atoms with Gasteiger partial charge in [0.15, 0.2) is 5.13 Å². The van der Waals surface area contributed by atoms with Crippen LogP contribution in [0.5, 0.6) is 0 Å². The molecule has 1 aliphatic rings. The number of hydrogen-bond donors (Lipinski definition) is 1. The summed E-state index contributed by atoms with van der Waals surface area (Å²) in [7, 11) is 1.82. The number of amides is 1. The summed E-state index contributed by atoms with van der Waals surface area (Å²) >= 11 is 1.65. The van der Waals surface area contributed by atoms with E-state index in [0.29, 0.717) is 0 Å². The molecule has 1 aromatic rings. The highest BCUT2D eigenvalue weighted by molar-refractivity contribution is 7.13. The Hall–Kier alpha value is -1.14. The quantitative estimate of drug-likeness (QED) is 0.880.